The number of hydrogen-bond acceptors (Lipinski definition) is 4. The third-order valence-corrected chi connectivity index (χ3v) is 5.12. The smallest absolute Gasteiger partial charge is 0.159 e. The first kappa shape index (κ1) is 16.0. The summed E-state index contributed by atoms with van der Waals surface area (Å²) in [7, 11) is 2.10. The fourth-order valence-corrected chi connectivity index (χ4v) is 3.36. The summed E-state index contributed by atoms with van der Waals surface area (Å²) in [6.07, 6.45) is 2.95. The zero-order valence-corrected chi connectivity index (χ0v) is 15.0. The number of imidazole rings is 1. The summed E-state index contributed by atoms with van der Waals surface area (Å²) in [6.45, 7) is 6.95. The predicted octanol–water partition coefficient (Wildman–Crippen LogP) is 3.05. The van der Waals surface area contributed by atoms with Crippen LogP contribution in [0.3, 0.4) is 0 Å². The first-order chi connectivity index (χ1) is 12.1. The standard InChI is InChI=1S/C20H23N5/c1-14-15(2)24(3)19(22-14)13-25-10-9-18-17(12-25)11-21-20(23-18)16-7-5-4-6-8-16/h4-8,11H,9-10,12-13H2,1-3H3. The lowest BCUT2D eigenvalue weighted by Crippen LogP contribution is -2.31. The lowest BCUT2D eigenvalue weighted by Gasteiger charge is -2.27. The second-order valence-electron chi connectivity index (χ2n) is 6.75. The van der Waals surface area contributed by atoms with Crippen molar-refractivity contribution >= 4 is 0 Å². The quantitative estimate of drug-likeness (QED) is 0.739. The Morgan fingerprint density at radius 3 is 2.60 bits per heavy atom. The molecule has 0 aliphatic carbocycles. The van der Waals surface area contributed by atoms with Gasteiger partial charge in [0.05, 0.1) is 17.9 Å². The Hall–Kier alpha value is -2.53. The molecule has 0 spiro atoms. The molecule has 0 N–H and O–H groups in total. The number of rotatable bonds is 3. The van der Waals surface area contributed by atoms with Gasteiger partial charge in [-0.3, -0.25) is 4.90 Å². The van der Waals surface area contributed by atoms with Gasteiger partial charge in [-0.25, -0.2) is 15.0 Å². The topological polar surface area (TPSA) is 46.8 Å². The molecular weight excluding hydrogens is 310 g/mol. The minimum absolute atomic E-state index is 0.822. The normalized spacial score (nSPS) is 14.5. The van der Waals surface area contributed by atoms with Crippen molar-refractivity contribution in [3.8, 4) is 11.4 Å². The lowest BCUT2D eigenvalue weighted by molar-refractivity contribution is 0.234. The van der Waals surface area contributed by atoms with E-state index in [2.05, 4.69) is 47.5 Å². The average molecular weight is 333 g/mol. The summed E-state index contributed by atoms with van der Waals surface area (Å²) >= 11 is 0. The Morgan fingerprint density at radius 1 is 1.08 bits per heavy atom. The number of benzene rings is 1. The Balaban J connectivity index is 1.53. The predicted molar refractivity (Wildman–Crippen MR) is 98.0 cm³/mol. The highest BCUT2D eigenvalue weighted by molar-refractivity contribution is 5.54. The van der Waals surface area contributed by atoms with Crippen LogP contribution in [0.2, 0.25) is 0 Å². The molecule has 0 saturated heterocycles. The molecule has 4 rings (SSSR count). The van der Waals surface area contributed by atoms with Gasteiger partial charge in [-0.2, -0.15) is 0 Å². The molecule has 3 heterocycles. The minimum atomic E-state index is 0.822. The molecule has 0 bridgehead atoms. The van der Waals surface area contributed by atoms with E-state index in [0.29, 0.717) is 0 Å². The molecule has 25 heavy (non-hydrogen) atoms. The fourth-order valence-electron chi connectivity index (χ4n) is 3.36. The van der Waals surface area contributed by atoms with E-state index in [4.69, 9.17) is 9.97 Å². The van der Waals surface area contributed by atoms with Crippen molar-refractivity contribution in [2.45, 2.75) is 33.4 Å². The molecule has 3 aromatic rings. The molecule has 128 valence electrons. The second-order valence-corrected chi connectivity index (χ2v) is 6.75. The van der Waals surface area contributed by atoms with Crippen molar-refractivity contribution in [1.82, 2.24) is 24.4 Å². The monoisotopic (exact) mass is 333 g/mol. The average Bonchev–Trinajstić information content (AvgIpc) is 2.89. The summed E-state index contributed by atoms with van der Waals surface area (Å²) in [4.78, 5) is 16.5. The summed E-state index contributed by atoms with van der Waals surface area (Å²) < 4.78 is 2.19. The third kappa shape index (κ3) is 3.07. The van der Waals surface area contributed by atoms with Gasteiger partial charge in [0.15, 0.2) is 5.82 Å². The van der Waals surface area contributed by atoms with E-state index in [1.54, 1.807) is 0 Å². The molecule has 1 aromatic carbocycles. The summed E-state index contributed by atoms with van der Waals surface area (Å²) in [5.41, 5.74) is 5.84. The van der Waals surface area contributed by atoms with Crippen LogP contribution in [-0.4, -0.2) is 31.0 Å². The highest BCUT2D eigenvalue weighted by Crippen LogP contribution is 2.22. The molecule has 5 nitrogen and oxygen atoms in total. The van der Waals surface area contributed by atoms with Gasteiger partial charge in [-0.15, -0.1) is 0 Å². The largest absolute Gasteiger partial charge is 0.334 e. The summed E-state index contributed by atoms with van der Waals surface area (Å²) in [6, 6.07) is 10.2. The zero-order chi connectivity index (χ0) is 17.4. The molecule has 1 aliphatic heterocycles. The Bertz CT molecular complexity index is 898. The summed E-state index contributed by atoms with van der Waals surface area (Å²) in [5.74, 6) is 1.95. The molecule has 5 heteroatoms. The van der Waals surface area contributed by atoms with Gasteiger partial charge in [-0.05, 0) is 13.8 Å². The molecule has 2 aromatic heterocycles. The van der Waals surface area contributed by atoms with Gasteiger partial charge < -0.3 is 4.57 Å². The molecule has 0 saturated carbocycles. The van der Waals surface area contributed by atoms with E-state index in [1.165, 1.54) is 17.0 Å². The maximum Gasteiger partial charge on any atom is 0.159 e. The van der Waals surface area contributed by atoms with Gasteiger partial charge in [0.2, 0.25) is 0 Å². The van der Waals surface area contributed by atoms with Crippen molar-refractivity contribution in [3.05, 3.63) is 65.0 Å². The zero-order valence-electron chi connectivity index (χ0n) is 15.0. The summed E-state index contributed by atoms with van der Waals surface area (Å²) in [5, 5.41) is 0. The van der Waals surface area contributed by atoms with Crippen LogP contribution in [0.5, 0.6) is 0 Å². The second kappa shape index (κ2) is 6.41. The number of fused-ring (bicyclic) bond motifs is 1. The van der Waals surface area contributed by atoms with Crippen molar-refractivity contribution < 1.29 is 0 Å². The van der Waals surface area contributed by atoms with Crippen molar-refractivity contribution in [3.63, 3.8) is 0 Å². The van der Waals surface area contributed by atoms with Gasteiger partial charge in [0.1, 0.15) is 5.82 Å². The molecule has 0 atom stereocenters. The Kier molecular flexibility index (Phi) is 4.09. The molecule has 0 unspecified atom stereocenters. The number of aryl methyl sites for hydroxylation is 1. The van der Waals surface area contributed by atoms with Gasteiger partial charge in [0, 0.05) is 49.6 Å². The Morgan fingerprint density at radius 2 is 1.88 bits per heavy atom. The molecule has 0 amide bonds. The molecule has 0 radical (unpaired) electrons. The SMILES string of the molecule is Cc1nc(CN2CCc3nc(-c4ccccc4)ncc3C2)n(C)c1C. The van der Waals surface area contributed by atoms with Gasteiger partial charge in [0.25, 0.3) is 0 Å². The van der Waals surface area contributed by atoms with Crippen LogP contribution >= 0.6 is 0 Å². The highest BCUT2D eigenvalue weighted by atomic mass is 15.2. The fraction of sp³-hybridized carbons (Fsp3) is 0.350. The van der Waals surface area contributed by atoms with E-state index in [1.807, 2.05) is 24.4 Å². The van der Waals surface area contributed by atoms with Crippen LogP contribution in [0.1, 0.15) is 28.5 Å². The number of hydrogen-bond donors (Lipinski definition) is 0. The van der Waals surface area contributed by atoms with Crippen LogP contribution in [0.15, 0.2) is 36.5 Å². The van der Waals surface area contributed by atoms with Crippen LogP contribution < -0.4 is 0 Å². The highest BCUT2D eigenvalue weighted by Gasteiger charge is 2.20. The number of aromatic nitrogens is 4. The van der Waals surface area contributed by atoms with Crippen molar-refractivity contribution in [2.75, 3.05) is 6.54 Å². The minimum Gasteiger partial charge on any atom is -0.334 e. The van der Waals surface area contributed by atoms with E-state index in [0.717, 1.165) is 49.0 Å². The maximum atomic E-state index is 4.80. The van der Waals surface area contributed by atoms with Crippen LogP contribution in [0.25, 0.3) is 11.4 Å². The molecule has 1 aliphatic rings. The van der Waals surface area contributed by atoms with Gasteiger partial charge >= 0.3 is 0 Å². The lowest BCUT2D eigenvalue weighted by atomic mass is 10.1. The Labute approximate surface area is 148 Å². The van der Waals surface area contributed by atoms with Crippen molar-refractivity contribution in [2.24, 2.45) is 7.05 Å². The van der Waals surface area contributed by atoms with Crippen LogP contribution in [0.4, 0.5) is 0 Å². The first-order valence-electron chi connectivity index (χ1n) is 8.73. The van der Waals surface area contributed by atoms with Crippen molar-refractivity contribution in [1.29, 1.82) is 0 Å². The van der Waals surface area contributed by atoms with E-state index < -0.39 is 0 Å². The molecular formula is C20H23N5. The van der Waals surface area contributed by atoms with Crippen LogP contribution in [-0.2, 0) is 26.6 Å². The first-order valence-corrected chi connectivity index (χ1v) is 8.73. The van der Waals surface area contributed by atoms with Crippen LogP contribution in [0, 0.1) is 13.8 Å². The van der Waals surface area contributed by atoms with E-state index >= 15 is 0 Å². The maximum absolute atomic E-state index is 4.80. The molecule has 0 fully saturated rings. The number of nitrogens with zero attached hydrogens (tertiary/aromatic N) is 5. The third-order valence-electron chi connectivity index (χ3n) is 5.12. The van der Waals surface area contributed by atoms with E-state index in [9.17, 15) is 0 Å². The van der Waals surface area contributed by atoms with E-state index in [-0.39, 0.29) is 0 Å². The van der Waals surface area contributed by atoms with Gasteiger partial charge in [-0.1, -0.05) is 30.3 Å².